The molecule has 4 bridgehead atoms. The second kappa shape index (κ2) is 32.4. The van der Waals surface area contributed by atoms with Crippen LogP contribution in [0.1, 0.15) is 237 Å². The van der Waals surface area contributed by atoms with Crippen LogP contribution in [0.5, 0.6) is 0 Å². The molecule has 1 amide bonds. The fraction of sp³-hybridized carbons (Fsp3) is 0.776. The van der Waals surface area contributed by atoms with Crippen LogP contribution in [0, 0.1) is 23.2 Å². The molecule has 2 aromatic rings. The van der Waals surface area contributed by atoms with Crippen LogP contribution in [0.3, 0.4) is 0 Å². The van der Waals surface area contributed by atoms with Crippen LogP contribution in [-0.2, 0) is 4.79 Å². The predicted octanol–water partition coefficient (Wildman–Crippen LogP) is 12.9. The summed E-state index contributed by atoms with van der Waals surface area (Å²) in [6.45, 7) is 8.59. The van der Waals surface area contributed by atoms with Gasteiger partial charge < -0.3 is 42.1 Å². The lowest BCUT2D eigenvalue weighted by Gasteiger charge is -2.56. The maximum Gasteiger partial charge on any atom is 0.224 e. The summed E-state index contributed by atoms with van der Waals surface area (Å²) in [4.78, 5) is 13.0. The highest BCUT2D eigenvalue weighted by molar-refractivity contribution is 5.91. The van der Waals surface area contributed by atoms with E-state index in [1.807, 2.05) is 36.4 Å². The normalized spacial score (nSPS) is 22.4. The van der Waals surface area contributed by atoms with Gasteiger partial charge in [0.25, 0.3) is 0 Å². The molecule has 0 heterocycles. The molecule has 0 aliphatic heterocycles. The second-order valence-corrected chi connectivity index (χ2v) is 22.0. The van der Waals surface area contributed by atoms with E-state index >= 15 is 0 Å². The van der Waals surface area contributed by atoms with E-state index in [9.17, 15) is 25.2 Å². The van der Waals surface area contributed by atoms with Crippen LogP contribution in [0.25, 0.3) is 0 Å². The van der Waals surface area contributed by atoms with Gasteiger partial charge in [0.05, 0.1) is 37.5 Å². The van der Waals surface area contributed by atoms with E-state index < -0.39 is 18.2 Å². The van der Waals surface area contributed by atoms with Crippen LogP contribution in [0.2, 0.25) is 0 Å². The van der Waals surface area contributed by atoms with Crippen LogP contribution in [0.15, 0.2) is 48.5 Å². The Kier molecular flexibility index (Phi) is 27.6. The highest BCUT2D eigenvalue weighted by Crippen LogP contribution is 2.61. The zero-order chi connectivity index (χ0) is 48.3. The van der Waals surface area contributed by atoms with Crippen molar-refractivity contribution in [2.24, 2.45) is 23.2 Å². The number of hydrogen-bond donors (Lipinski definition) is 8. The fourth-order valence-corrected chi connectivity index (χ4v) is 12.2. The Hall–Kier alpha value is -2.53. The van der Waals surface area contributed by atoms with Crippen LogP contribution >= 0.6 is 0 Å². The van der Waals surface area contributed by atoms with Gasteiger partial charge in [-0.05, 0) is 124 Å². The number of aliphatic hydroxyl groups is 4. The Balaban J connectivity index is 0.000000317. The molecule has 0 aromatic heterocycles. The number of benzene rings is 2. The molecule has 4 aliphatic rings. The Morgan fingerprint density at radius 3 is 1.27 bits per heavy atom. The van der Waals surface area contributed by atoms with Crippen molar-refractivity contribution in [3.8, 4) is 0 Å². The fourth-order valence-electron chi connectivity index (χ4n) is 12.2. The van der Waals surface area contributed by atoms with Gasteiger partial charge in [0.1, 0.15) is 0 Å². The van der Waals surface area contributed by atoms with Crippen molar-refractivity contribution in [2.45, 2.75) is 250 Å². The lowest BCUT2D eigenvalue weighted by molar-refractivity contribution is -0.124. The Labute approximate surface area is 409 Å². The molecule has 4 aliphatic carbocycles. The van der Waals surface area contributed by atoms with E-state index in [2.05, 4.69) is 43.6 Å². The lowest BCUT2D eigenvalue weighted by atomic mass is 9.49. The van der Waals surface area contributed by atoms with E-state index in [0.29, 0.717) is 12.1 Å². The Bertz CT molecular complexity index is 1540. The molecule has 0 saturated heterocycles. The molecular weight excluding hydrogens is 833 g/mol. The molecule has 4 saturated carbocycles. The zero-order valence-corrected chi connectivity index (χ0v) is 43.0. The third-order valence-electron chi connectivity index (χ3n) is 15.6. The number of amides is 1. The molecule has 6 atom stereocenters. The first-order valence-electron chi connectivity index (χ1n) is 27.8. The largest absolute Gasteiger partial charge is 0.399 e. The summed E-state index contributed by atoms with van der Waals surface area (Å²) < 4.78 is 0. The van der Waals surface area contributed by atoms with Crippen LogP contribution in [0.4, 0.5) is 11.4 Å². The molecule has 67 heavy (non-hydrogen) atoms. The number of anilines is 2. The van der Waals surface area contributed by atoms with Crippen LogP contribution in [-0.4, -0.2) is 63.7 Å². The molecule has 9 N–H and O–H groups in total. The molecule has 6 unspecified atom stereocenters. The van der Waals surface area contributed by atoms with Crippen molar-refractivity contribution in [3.63, 3.8) is 0 Å². The molecule has 0 radical (unpaired) electrons. The smallest absolute Gasteiger partial charge is 0.224 e. The molecule has 4 fully saturated rings. The summed E-state index contributed by atoms with van der Waals surface area (Å²) in [6, 6.07) is 14.5. The quantitative estimate of drug-likeness (QED) is 0.0250. The van der Waals surface area contributed by atoms with E-state index in [1.165, 1.54) is 167 Å². The van der Waals surface area contributed by atoms with Gasteiger partial charge in [0.15, 0.2) is 0 Å². The van der Waals surface area contributed by atoms with Crippen molar-refractivity contribution in [1.29, 1.82) is 0 Å². The van der Waals surface area contributed by atoms with Crippen molar-refractivity contribution in [2.75, 3.05) is 24.3 Å². The van der Waals surface area contributed by atoms with Gasteiger partial charge in [-0.3, -0.25) is 4.79 Å². The molecule has 2 aromatic carbocycles. The van der Waals surface area contributed by atoms with Crippen LogP contribution < -0.4 is 21.7 Å². The number of nitrogens with two attached hydrogens (primary N) is 1. The van der Waals surface area contributed by atoms with Gasteiger partial charge in [-0.1, -0.05) is 167 Å². The van der Waals surface area contributed by atoms with Gasteiger partial charge in [-0.15, -0.1) is 0 Å². The summed E-state index contributed by atoms with van der Waals surface area (Å²) in [7, 11) is 0. The first-order chi connectivity index (χ1) is 32.5. The number of rotatable bonds is 35. The first-order valence-corrected chi connectivity index (χ1v) is 27.8. The molecular formula is C58H100N4O5. The van der Waals surface area contributed by atoms with Gasteiger partial charge in [0.2, 0.25) is 5.91 Å². The zero-order valence-electron chi connectivity index (χ0n) is 43.0. The number of nitrogens with one attached hydrogen (secondary N) is 3. The topological polar surface area (TPSA) is 160 Å². The minimum atomic E-state index is -0.795. The molecule has 0 spiro atoms. The van der Waals surface area contributed by atoms with Gasteiger partial charge in [-0.2, -0.15) is 0 Å². The summed E-state index contributed by atoms with van der Waals surface area (Å²) in [5, 5.41) is 51.1. The molecule has 382 valence electrons. The first kappa shape index (κ1) is 57.1. The summed E-state index contributed by atoms with van der Waals surface area (Å²) in [6.07, 6.45) is 35.8. The average molecular weight is 933 g/mol. The van der Waals surface area contributed by atoms with E-state index in [-0.39, 0.29) is 42.7 Å². The average Bonchev–Trinajstić information content (AvgIpc) is 3.30. The minimum absolute atomic E-state index is 0.0894. The maximum absolute atomic E-state index is 13.0. The van der Waals surface area contributed by atoms with Gasteiger partial charge in [0, 0.05) is 29.9 Å². The number of carbonyl (C=O) groups excluding carboxylic acids is 1. The molecule has 6 rings (SSSR count). The van der Waals surface area contributed by atoms with Crippen molar-refractivity contribution >= 4 is 17.3 Å². The van der Waals surface area contributed by atoms with Gasteiger partial charge in [-0.25, -0.2) is 0 Å². The Morgan fingerprint density at radius 2 is 0.910 bits per heavy atom. The van der Waals surface area contributed by atoms with Crippen molar-refractivity contribution in [3.05, 3.63) is 59.7 Å². The highest BCUT2D eigenvalue weighted by Gasteiger charge is 2.51. The summed E-state index contributed by atoms with van der Waals surface area (Å²) in [5.41, 5.74) is 8.93. The number of unbranched alkanes of at least 4 members (excludes halogenated alkanes) is 18. The van der Waals surface area contributed by atoms with Crippen molar-refractivity contribution < 1.29 is 25.2 Å². The summed E-state index contributed by atoms with van der Waals surface area (Å²) in [5.74, 6) is 2.69. The lowest BCUT2D eigenvalue weighted by Crippen LogP contribution is -2.47. The highest BCUT2D eigenvalue weighted by atomic mass is 16.3. The maximum atomic E-state index is 13.0. The number of aliphatic hydroxyl groups excluding tert-OH is 4. The second-order valence-electron chi connectivity index (χ2n) is 22.0. The van der Waals surface area contributed by atoms with Gasteiger partial charge >= 0.3 is 0 Å². The minimum Gasteiger partial charge on any atom is -0.399 e. The summed E-state index contributed by atoms with van der Waals surface area (Å²) >= 11 is 0. The van der Waals surface area contributed by atoms with E-state index in [1.54, 1.807) is 12.1 Å². The van der Waals surface area contributed by atoms with Crippen molar-refractivity contribution in [1.82, 2.24) is 10.6 Å². The predicted molar refractivity (Wildman–Crippen MR) is 281 cm³/mol. The van der Waals surface area contributed by atoms with E-state index in [0.717, 1.165) is 47.4 Å². The number of nitrogen functional groups attached to an aromatic ring is 1. The third-order valence-corrected chi connectivity index (χ3v) is 15.6. The molecule has 9 heteroatoms. The Morgan fingerprint density at radius 1 is 0.567 bits per heavy atom. The monoisotopic (exact) mass is 933 g/mol. The standard InChI is InChI=1S/C35H58N2O3.C23H42N2O2/c1-3-4-5-6-7-8-9-10-11-12-13-26(2)36-32(25-38)34(40)30-14-16-31(17-15-30)37-33(39)24-35-21-27-18-28(22-35)20-29(19-27)23-35;1-3-4-5-6-7-8-9-10-11-12-13-19(2)25-22(18-26)23(27)20-14-16-21(24)17-15-20/h14-17,26-29,32,34,36,38,40H,3-13,18-25H2,1-2H3,(H,37,39);14-17,19,22-23,25-27H,3-13,18,24H2,1-2H3. The SMILES string of the molecule is CCCCCCCCCCCCC(C)NC(CO)C(O)c1ccc(N)cc1.CCCCCCCCCCCCC(C)NC(CO)C(O)c1ccc(NC(=O)CC23CC4CC(CC(C4)C2)C3)cc1. The van der Waals surface area contributed by atoms with E-state index in [4.69, 9.17) is 5.73 Å². The third kappa shape index (κ3) is 21.6. The molecule has 9 nitrogen and oxygen atoms in total. The number of hydrogen-bond acceptors (Lipinski definition) is 8. The number of carbonyl (C=O) groups is 1.